The van der Waals surface area contributed by atoms with Gasteiger partial charge in [-0.05, 0) is 36.6 Å². The molecule has 0 saturated heterocycles. The molecule has 2 aromatic rings. The molecule has 1 heterocycles. The number of nitrogen functional groups attached to an aromatic ring is 1. The predicted octanol–water partition coefficient (Wildman–Crippen LogP) is 4.53. The van der Waals surface area contributed by atoms with E-state index in [2.05, 4.69) is 0 Å². The summed E-state index contributed by atoms with van der Waals surface area (Å²) >= 11 is 6.92. The van der Waals surface area contributed by atoms with E-state index in [1.807, 2.05) is 6.92 Å². The van der Waals surface area contributed by atoms with Gasteiger partial charge >= 0.3 is 5.97 Å². The van der Waals surface area contributed by atoms with E-state index in [1.165, 1.54) is 23.5 Å². The van der Waals surface area contributed by atoms with E-state index in [0.717, 1.165) is 10.4 Å². The lowest BCUT2D eigenvalue weighted by atomic mass is 10.1. The lowest BCUT2D eigenvalue weighted by Gasteiger charge is -2.03. The molecule has 0 aliphatic heterocycles. The molecule has 6 heteroatoms. The second kappa shape index (κ2) is 6.45. The molecule has 0 fully saturated rings. The molecule has 0 radical (unpaired) electrons. The van der Waals surface area contributed by atoms with Crippen molar-refractivity contribution in [1.82, 2.24) is 0 Å². The summed E-state index contributed by atoms with van der Waals surface area (Å²) in [4.78, 5) is 13.0. The maximum atomic E-state index is 13.6. The summed E-state index contributed by atoms with van der Waals surface area (Å²) in [5.74, 6) is -0.948. The van der Waals surface area contributed by atoms with Crippen LogP contribution in [0.4, 0.5) is 10.1 Å². The number of benzene rings is 1. The van der Waals surface area contributed by atoms with Crippen molar-refractivity contribution in [3.8, 4) is 10.4 Å². The van der Waals surface area contributed by atoms with Crippen LogP contribution in [0.2, 0.25) is 5.02 Å². The summed E-state index contributed by atoms with van der Waals surface area (Å²) in [5, 5.41) is 0.0620. The zero-order valence-corrected chi connectivity index (χ0v) is 13.3. The van der Waals surface area contributed by atoms with Gasteiger partial charge in [0.05, 0.1) is 17.3 Å². The van der Waals surface area contributed by atoms with E-state index in [4.69, 9.17) is 22.1 Å². The van der Waals surface area contributed by atoms with Crippen molar-refractivity contribution in [2.45, 2.75) is 20.3 Å². The topological polar surface area (TPSA) is 52.3 Å². The Morgan fingerprint density at radius 1 is 1.43 bits per heavy atom. The van der Waals surface area contributed by atoms with Gasteiger partial charge in [0.15, 0.2) is 0 Å². The summed E-state index contributed by atoms with van der Waals surface area (Å²) in [7, 11) is 0. The molecule has 0 bridgehead atoms. The minimum absolute atomic E-state index is 0.0620. The van der Waals surface area contributed by atoms with Crippen molar-refractivity contribution in [3.63, 3.8) is 0 Å². The molecular weight excluding hydrogens is 313 g/mol. The van der Waals surface area contributed by atoms with Crippen LogP contribution in [0.25, 0.3) is 10.4 Å². The molecule has 0 spiro atoms. The Balaban J connectivity index is 2.55. The van der Waals surface area contributed by atoms with Gasteiger partial charge in [0.25, 0.3) is 0 Å². The highest BCUT2D eigenvalue weighted by Crippen LogP contribution is 2.40. The Morgan fingerprint density at radius 3 is 2.71 bits per heavy atom. The van der Waals surface area contributed by atoms with Crippen LogP contribution < -0.4 is 5.73 Å². The van der Waals surface area contributed by atoms with Crippen molar-refractivity contribution in [2.75, 3.05) is 12.3 Å². The zero-order chi connectivity index (χ0) is 15.6. The second-order valence-electron chi connectivity index (χ2n) is 4.36. The Hall–Kier alpha value is -1.59. The molecule has 0 unspecified atom stereocenters. The third-order valence-corrected chi connectivity index (χ3v) is 4.63. The quantitative estimate of drug-likeness (QED) is 0.839. The number of esters is 1. The molecule has 0 aliphatic rings. The van der Waals surface area contributed by atoms with Crippen LogP contribution >= 0.6 is 22.9 Å². The summed E-state index contributed by atoms with van der Waals surface area (Å²) < 4.78 is 18.6. The smallest absolute Gasteiger partial charge is 0.350 e. The maximum Gasteiger partial charge on any atom is 0.350 e. The largest absolute Gasteiger partial charge is 0.462 e. The van der Waals surface area contributed by atoms with Gasteiger partial charge in [-0.25, -0.2) is 9.18 Å². The Bertz CT molecular complexity index is 685. The lowest BCUT2D eigenvalue weighted by molar-refractivity contribution is 0.0533. The highest BCUT2D eigenvalue weighted by Gasteiger charge is 2.22. The second-order valence-corrected chi connectivity index (χ2v) is 5.78. The van der Waals surface area contributed by atoms with Gasteiger partial charge in [0.1, 0.15) is 10.7 Å². The van der Waals surface area contributed by atoms with Gasteiger partial charge in [-0.2, -0.15) is 0 Å². The number of carbonyl (C=O) groups is 1. The summed E-state index contributed by atoms with van der Waals surface area (Å²) in [6, 6.07) is 4.55. The first kappa shape index (κ1) is 15.8. The fourth-order valence-corrected chi connectivity index (χ4v) is 3.37. The highest BCUT2D eigenvalue weighted by molar-refractivity contribution is 7.18. The van der Waals surface area contributed by atoms with E-state index in [9.17, 15) is 9.18 Å². The predicted molar refractivity (Wildman–Crippen MR) is 84.5 cm³/mol. The van der Waals surface area contributed by atoms with Crippen LogP contribution in [0.5, 0.6) is 0 Å². The average Bonchev–Trinajstić information content (AvgIpc) is 2.79. The average molecular weight is 328 g/mol. The third kappa shape index (κ3) is 3.04. The Kier molecular flexibility index (Phi) is 4.85. The first-order chi connectivity index (χ1) is 9.99. The molecule has 1 aromatic carbocycles. The molecule has 0 aliphatic carbocycles. The molecule has 2 N–H and O–H groups in total. The molecule has 0 atom stereocenters. The first-order valence-corrected chi connectivity index (χ1v) is 7.72. The standard InChI is InChI=1S/C15H15ClFNO2S/c1-3-9-12(18)14(15(19)20-4-2)21-13(9)8-5-6-10(16)11(17)7-8/h5-7H,3-4,18H2,1-2H3. The first-order valence-electron chi connectivity index (χ1n) is 6.53. The number of ether oxygens (including phenoxy) is 1. The number of carbonyl (C=O) groups excluding carboxylic acids is 1. The number of halogens is 2. The van der Waals surface area contributed by atoms with Crippen molar-refractivity contribution >= 4 is 34.6 Å². The SMILES string of the molecule is CCOC(=O)c1sc(-c2ccc(Cl)c(F)c2)c(CC)c1N. The molecule has 3 nitrogen and oxygen atoms in total. The maximum absolute atomic E-state index is 13.6. The van der Waals surface area contributed by atoms with E-state index in [-0.39, 0.29) is 11.6 Å². The van der Waals surface area contributed by atoms with Gasteiger partial charge in [0.2, 0.25) is 0 Å². The van der Waals surface area contributed by atoms with Crippen LogP contribution in [0.3, 0.4) is 0 Å². The number of hydrogen-bond donors (Lipinski definition) is 1. The molecule has 0 saturated carbocycles. The van der Waals surface area contributed by atoms with Crippen LogP contribution in [0.1, 0.15) is 29.1 Å². The zero-order valence-electron chi connectivity index (χ0n) is 11.7. The van der Waals surface area contributed by atoms with Gasteiger partial charge in [-0.3, -0.25) is 0 Å². The minimum Gasteiger partial charge on any atom is -0.462 e. The van der Waals surface area contributed by atoms with E-state index >= 15 is 0 Å². The van der Waals surface area contributed by atoms with E-state index < -0.39 is 11.8 Å². The molecule has 2 rings (SSSR count). The summed E-state index contributed by atoms with van der Waals surface area (Å²) in [6.45, 7) is 3.95. The van der Waals surface area contributed by atoms with E-state index in [1.54, 1.807) is 13.0 Å². The fourth-order valence-electron chi connectivity index (χ4n) is 2.05. The van der Waals surface area contributed by atoms with Crippen molar-refractivity contribution in [2.24, 2.45) is 0 Å². The van der Waals surface area contributed by atoms with Crippen LogP contribution in [-0.4, -0.2) is 12.6 Å². The van der Waals surface area contributed by atoms with Crippen molar-refractivity contribution < 1.29 is 13.9 Å². The van der Waals surface area contributed by atoms with Gasteiger partial charge in [-0.15, -0.1) is 11.3 Å². The monoisotopic (exact) mass is 327 g/mol. The molecule has 112 valence electrons. The van der Waals surface area contributed by atoms with Crippen LogP contribution in [0.15, 0.2) is 18.2 Å². The number of hydrogen-bond acceptors (Lipinski definition) is 4. The number of thiophene rings is 1. The Labute approximate surface area is 131 Å². The number of rotatable bonds is 4. The Morgan fingerprint density at radius 2 is 2.14 bits per heavy atom. The third-order valence-electron chi connectivity index (χ3n) is 3.04. The summed E-state index contributed by atoms with van der Waals surface area (Å²) in [5.41, 5.74) is 7.93. The molecule has 1 aromatic heterocycles. The van der Waals surface area contributed by atoms with Crippen molar-refractivity contribution in [3.05, 3.63) is 39.5 Å². The van der Waals surface area contributed by atoms with Crippen LogP contribution in [-0.2, 0) is 11.2 Å². The van der Waals surface area contributed by atoms with E-state index in [0.29, 0.717) is 22.5 Å². The normalized spacial score (nSPS) is 10.7. The number of anilines is 1. The van der Waals surface area contributed by atoms with Crippen molar-refractivity contribution in [1.29, 1.82) is 0 Å². The van der Waals surface area contributed by atoms with Gasteiger partial charge in [0, 0.05) is 4.88 Å². The van der Waals surface area contributed by atoms with Gasteiger partial charge in [-0.1, -0.05) is 24.6 Å². The van der Waals surface area contributed by atoms with Gasteiger partial charge < -0.3 is 10.5 Å². The molecule has 0 amide bonds. The molecule has 21 heavy (non-hydrogen) atoms. The highest BCUT2D eigenvalue weighted by atomic mass is 35.5. The minimum atomic E-state index is -0.499. The van der Waals surface area contributed by atoms with Crippen LogP contribution in [0, 0.1) is 5.82 Å². The number of nitrogens with two attached hydrogens (primary N) is 1. The summed E-state index contributed by atoms with van der Waals surface area (Å²) in [6.07, 6.45) is 0.640. The molecular formula is C15H15ClFNO2S. The fraction of sp³-hybridized carbons (Fsp3) is 0.267. The lowest BCUT2D eigenvalue weighted by Crippen LogP contribution is -2.05.